The summed E-state index contributed by atoms with van der Waals surface area (Å²) in [5.41, 5.74) is -4.30. The van der Waals surface area contributed by atoms with E-state index >= 15 is 0 Å². The summed E-state index contributed by atoms with van der Waals surface area (Å²) in [6.07, 6.45) is -5.38. The largest absolute Gasteiger partial charge is 0.434 e. The van der Waals surface area contributed by atoms with Crippen LogP contribution >= 0.6 is 0 Å². The van der Waals surface area contributed by atoms with Crippen molar-refractivity contribution < 1.29 is 31.1 Å². The van der Waals surface area contributed by atoms with Crippen LogP contribution in [0.1, 0.15) is 64.2 Å². The minimum Gasteiger partial charge on any atom is -0.323 e. The Morgan fingerprint density at radius 1 is 0.846 bits per heavy atom. The van der Waals surface area contributed by atoms with Gasteiger partial charge in [0.1, 0.15) is 0 Å². The average molecular weight is 388 g/mol. The number of carbonyl (C=O) groups excluding carboxylic acids is 1. The van der Waals surface area contributed by atoms with Crippen molar-refractivity contribution >= 4 is 5.91 Å². The van der Waals surface area contributed by atoms with Crippen LogP contribution in [0.4, 0.5) is 26.3 Å². The van der Waals surface area contributed by atoms with Gasteiger partial charge in [-0.25, -0.2) is 0 Å². The predicted molar refractivity (Wildman–Crippen MR) is 84.2 cm³/mol. The fraction of sp³-hybridized carbons (Fsp3) is 0.941. The zero-order valence-corrected chi connectivity index (χ0v) is 14.7. The highest BCUT2D eigenvalue weighted by Gasteiger charge is 2.74. The van der Waals surface area contributed by atoms with E-state index < -0.39 is 23.9 Å². The van der Waals surface area contributed by atoms with E-state index in [-0.39, 0.29) is 38.3 Å². The first-order chi connectivity index (χ1) is 12.1. The summed E-state index contributed by atoms with van der Waals surface area (Å²) in [6.45, 7) is -0.691. The van der Waals surface area contributed by atoms with Gasteiger partial charge in [0.25, 0.3) is 5.66 Å². The fourth-order valence-corrected chi connectivity index (χ4v) is 4.04. The van der Waals surface area contributed by atoms with Crippen molar-refractivity contribution in [2.75, 3.05) is 13.1 Å². The van der Waals surface area contributed by atoms with Gasteiger partial charge in [0.05, 0.1) is 0 Å². The van der Waals surface area contributed by atoms with Crippen molar-refractivity contribution in [3.8, 4) is 0 Å². The smallest absolute Gasteiger partial charge is 0.323 e. The molecule has 0 aromatic carbocycles. The predicted octanol–water partition coefficient (Wildman–Crippen LogP) is 4.77. The Kier molecular flexibility index (Phi) is 6.85. The Morgan fingerprint density at radius 3 is 1.85 bits per heavy atom. The van der Waals surface area contributed by atoms with Crippen LogP contribution in [0.15, 0.2) is 0 Å². The second kappa shape index (κ2) is 8.35. The lowest BCUT2D eigenvalue weighted by atomic mass is 9.86. The number of rotatable bonds is 5. The normalized spacial score (nSPS) is 21.6. The van der Waals surface area contributed by atoms with E-state index in [4.69, 9.17) is 0 Å². The van der Waals surface area contributed by atoms with Crippen LogP contribution in [-0.4, -0.2) is 41.9 Å². The molecular weight excluding hydrogens is 362 g/mol. The third-order valence-corrected chi connectivity index (χ3v) is 5.48. The first kappa shape index (κ1) is 21.3. The first-order valence-corrected chi connectivity index (χ1v) is 9.27. The maximum absolute atomic E-state index is 13.6. The molecule has 0 aromatic rings. The van der Waals surface area contributed by atoms with Gasteiger partial charge in [0, 0.05) is 19.5 Å². The molecule has 2 rings (SSSR count). The lowest BCUT2D eigenvalue weighted by molar-refractivity contribution is -0.351. The molecule has 26 heavy (non-hydrogen) atoms. The van der Waals surface area contributed by atoms with Gasteiger partial charge in [0.15, 0.2) is 0 Å². The van der Waals surface area contributed by atoms with Gasteiger partial charge < -0.3 is 5.32 Å². The Morgan fingerprint density at radius 2 is 1.35 bits per heavy atom. The van der Waals surface area contributed by atoms with Crippen LogP contribution in [0, 0.1) is 5.92 Å². The summed E-state index contributed by atoms with van der Waals surface area (Å²) in [6, 6.07) is 0. The minimum absolute atomic E-state index is 0.204. The standard InChI is InChI=1S/C17H26F6N2O/c18-16(19,20)15(17(21,22)23,25-11-5-2-6-12-25)24-14(26)10-9-13-7-3-1-4-8-13/h13H,1-12H2,(H,24,26). The van der Waals surface area contributed by atoms with Gasteiger partial charge in [-0.3, -0.25) is 9.69 Å². The van der Waals surface area contributed by atoms with Crippen LogP contribution in [-0.2, 0) is 4.79 Å². The number of halogens is 6. The van der Waals surface area contributed by atoms with Crippen molar-refractivity contribution in [2.24, 2.45) is 5.92 Å². The van der Waals surface area contributed by atoms with Gasteiger partial charge in [-0.2, -0.15) is 26.3 Å². The van der Waals surface area contributed by atoms with Gasteiger partial charge in [-0.15, -0.1) is 0 Å². The average Bonchev–Trinajstić information content (AvgIpc) is 2.57. The van der Waals surface area contributed by atoms with E-state index in [0.29, 0.717) is 17.7 Å². The summed E-state index contributed by atoms with van der Waals surface area (Å²) in [4.78, 5) is 12.4. The molecule has 0 unspecified atom stereocenters. The third kappa shape index (κ3) is 4.64. The Bertz CT molecular complexity index is 451. The molecule has 1 heterocycles. The molecule has 0 bridgehead atoms. The number of alkyl halides is 6. The highest BCUT2D eigenvalue weighted by atomic mass is 19.4. The van der Waals surface area contributed by atoms with E-state index in [1.54, 1.807) is 0 Å². The maximum Gasteiger partial charge on any atom is 0.434 e. The molecule has 1 N–H and O–H groups in total. The summed E-state index contributed by atoms with van der Waals surface area (Å²) < 4.78 is 81.8. The minimum atomic E-state index is -5.65. The number of hydrogen-bond donors (Lipinski definition) is 1. The first-order valence-electron chi connectivity index (χ1n) is 9.27. The fourth-order valence-electron chi connectivity index (χ4n) is 4.04. The molecule has 1 amide bonds. The van der Waals surface area contributed by atoms with Crippen molar-refractivity contribution in [3.05, 3.63) is 0 Å². The molecule has 0 radical (unpaired) electrons. The van der Waals surface area contributed by atoms with Gasteiger partial charge in [-0.05, 0) is 25.2 Å². The number of nitrogens with one attached hydrogen (secondary N) is 1. The number of carbonyl (C=O) groups is 1. The van der Waals surface area contributed by atoms with Gasteiger partial charge in [-0.1, -0.05) is 38.5 Å². The number of amides is 1. The monoisotopic (exact) mass is 388 g/mol. The lowest BCUT2D eigenvalue weighted by Crippen LogP contribution is -2.76. The molecule has 0 atom stereocenters. The molecule has 9 heteroatoms. The molecule has 1 saturated heterocycles. The van der Waals surface area contributed by atoms with E-state index in [1.807, 2.05) is 0 Å². The summed E-state index contributed by atoms with van der Waals surface area (Å²) in [5, 5.41) is 1.36. The Labute approximate surface area is 149 Å². The molecule has 1 aliphatic heterocycles. The second-order valence-electron chi connectivity index (χ2n) is 7.34. The molecule has 0 spiro atoms. The molecule has 2 aliphatic rings. The highest BCUT2D eigenvalue weighted by Crippen LogP contribution is 2.46. The van der Waals surface area contributed by atoms with Crippen molar-refractivity contribution in [3.63, 3.8) is 0 Å². The Balaban J connectivity index is 2.15. The van der Waals surface area contributed by atoms with Crippen LogP contribution in [0.5, 0.6) is 0 Å². The molecule has 3 nitrogen and oxygen atoms in total. The SMILES string of the molecule is O=C(CCC1CCCCC1)NC(N1CCCCC1)(C(F)(F)F)C(F)(F)F. The number of piperidine rings is 1. The number of likely N-dealkylation sites (tertiary alicyclic amines) is 1. The highest BCUT2D eigenvalue weighted by molar-refractivity contribution is 5.77. The molecule has 1 saturated carbocycles. The zero-order chi connectivity index (χ0) is 19.4. The van der Waals surface area contributed by atoms with E-state index in [2.05, 4.69) is 0 Å². The van der Waals surface area contributed by atoms with Crippen LogP contribution in [0.2, 0.25) is 0 Å². The van der Waals surface area contributed by atoms with Crippen LogP contribution in [0.3, 0.4) is 0 Å². The maximum atomic E-state index is 13.6. The van der Waals surface area contributed by atoms with Crippen LogP contribution in [0.25, 0.3) is 0 Å². The van der Waals surface area contributed by atoms with Crippen molar-refractivity contribution in [1.82, 2.24) is 10.2 Å². The lowest BCUT2D eigenvalue weighted by Gasteiger charge is -2.47. The second-order valence-corrected chi connectivity index (χ2v) is 7.34. The molecule has 2 fully saturated rings. The third-order valence-electron chi connectivity index (χ3n) is 5.48. The van der Waals surface area contributed by atoms with E-state index in [9.17, 15) is 31.1 Å². The zero-order valence-electron chi connectivity index (χ0n) is 14.7. The molecule has 1 aliphatic carbocycles. The summed E-state index contributed by atoms with van der Waals surface area (Å²) in [7, 11) is 0. The topological polar surface area (TPSA) is 32.3 Å². The molecule has 0 aromatic heterocycles. The van der Waals surface area contributed by atoms with Crippen molar-refractivity contribution in [1.29, 1.82) is 0 Å². The quantitative estimate of drug-likeness (QED) is 0.688. The summed E-state index contributed by atoms with van der Waals surface area (Å²) in [5.74, 6) is -0.980. The van der Waals surface area contributed by atoms with Gasteiger partial charge >= 0.3 is 12.4 Å². The Hall–Kier alpha value is -0.990. The molecule has 152 valence electrons. The molecular formula is C17H26F6N2O. The number of nitrogens with zero attached hydrogens (tertiary/aromatic N) is 1. The van der Waals surface area contributed by atoms with E-state index in [1.165, 1.54) is 5.32 Å². The van der Waals surface area contributed by atoms with E-state index in [0.717, 1.165) is 32.1 Å². The number of hydrogen-bond acceptors (Lipinski definition) is 2. The van der Waals surface area contributed by atoms with Crippen molar-refractivity contribution in [2.45, 2.75) is 82.2 Å². The van der Waals surface area contributed by atoms with Gasteiger partial charge in [0.2, 0.25) is 5.91 Å². The van der Waals surface area contributed by atoms with Crippen LogP contribution < -0.4 is 5.32 Å². The summed E-state index contributed by atoms with van der Waals surface area (Å²) >= 11 is 0.